The van der Waals surface area contributed by atoms with Gasteiger partial charge in [0.25, 0.3) is 0 Å². The largest absolute Gasteiger partial charge is 0.385 e. The molecule has 0 aliphatic heterocycles. The number of hydrogen-bond donors (Lipinski definition) is 1. The minimum Gasteiger partial charge on any atom is -0.320 e. The van der Waals surface area contributed by atoms with Gasteiger partial charge in [-0.25, -0.2) is 0 Å². The van der Waals surface area contributed by atoms with Crippen molar-refractivity contribution < 1.29 is 18.5 Å². The Morgan fingerprint density at radius 1 is 0.742 bits per heavy atom. The third kappa shape index (κ3) is 18.0. The van der Waals surface area contributed by atoms with Gasteiger partial charge in [0.15, 0.2) is 5.78 Å². The van der Waals surface area contributed by atoms with Gasteiger partial charge >= 0.3 is 7.60 Å². The molecule has 0 radical (unpaired) electrons. The van der Waals surface area contributed by atoms with Crippen LogP contribution in [0, 0.1) is 0 Å². The molecular formula is C26H55NO3P+. The van der Waals surface area contributed by atoms with Gasteiger partial charge in [-0.05, 0) is 38.5 Å². The lowest BCUT2D eigenvalue weighted by molar-refractivity contribution is -0.883. The van der Waals surface area contributed by atoms with Gasteiger partial charge in [0.1, 0.15) is 0 Å². The summed E-state index contributed by atoms with van der Waals surface area (Å²) in [7, 11) is 2.35. The third-order valence-corrected chi connectivity index (χ3v) is 8.26. The van der Waals surface area contributed by atoms with Crippen molar-refractivity contribution in [1.82, 2.24) is 0 Å². The van der Waals surface area contributed by atoms with E-state index in [1.807, 2.05) is 21.1 Å². The first-order valence-electron chi connectivity index (χ1n) is 13.2. The lowest BCUT2D eigenvalue weighted by Gasteiger charge is -2.35. The van der Waals surface area contributed by atoms with Gasteiger partial charge in [-0.1, -0.05) is 90.2 Å². The predicted octanol–water partition coefficient (Wildman–Crippen LogP) is 8.45. The van der Waals surface area contributed by atoms with E-state index in [4.69, 9.17) is 4.52 Å². The van der Waals surface area contributed by atoms with Gasteiger partial charge in [-0.2, -0.15) is 0 Å². The highest BCUT2D eigenvalue weighted by molar-refractivity contribution is 7.53. The third-order valence-electron chi connectivity index (χ3n) is 6.00. The Morgan fingerprint density at radius 2 is 1.19 bits per heavy atom. The van der Waals surface area contributed by atoms with E-state index in [1.54, 1.807) is 0 Å². The molecule has 0 aliphatic carbocycles. The molecule has 0 saturated carbocycles. The van der Waals surface area contributed by atoms with Crippen LogP contribution in [0.15, 0.2) is 12.2 Å². The molecule has 2 atom stereocenters. The molecule has 0 saturated heterocycles. The van der Waals surface area contributed by atoms with Gasteiger partial charge in [-0.3, -0.25) is 4.57 Å². The van der Waals surface area contributed by atoms with Crippen LogP contribution in [0.4, 0.5) is 0 Å². The zero-order chi connectivity index (χ0) is 23.4. The molecule has 2 unspecified atom stereocenters. The van der Waals surface area contributed by atoms with Crippen LogP contribution in [0.5, 0.6) is 0 Å². The molecule has 0 spiro atoms. The highest BCUT2D eigenvalue weighted by Gasteiger charge is 2.41. The Bertz CT molecular complexity index is 474. The first-order valence-corrected chi connectivity index (χ1v) is 14.8. The van der Waals surface area contributed by atoms with E-state index >= 15 is 0 Å². The Labute approximate surface area is 195 Å². The quantitative estimate of drug-likeness (QED) is 0.0763. The molecule has 0 bridgehead atoms. The van der Waals surface area contributed by atoms with Gasteiger partial charge in [0.2, 0.25) is 0 Å². The fourth-order valence-corrected chi connectivity index (χ4v) is 6.08. The van der Waals surface area contributed by atoms with Crippen molar-refractivity contribution in [3.05, 3.63) is 12.2 Å². The van der Waals surface area contributed by atoms with Crippen LogP contribution < -0.4 is 0 Å². The maximum absolute atomic E-state index is 12.6. The van der Waals surface area contributed by atoms with Crippen LogP contribution >= 0.6 is 7.60 Å². The van der Waals surface area contributed by atoms with Crippen molar-refractivity contribution in [2.24, 2.45) is 0 Å². The summed E-state index contributed by atoms with van der Waals surface area (Å²) in [5.41, 5.74) is 0. The van der Waals surface area contributed by atoms with Crippen molar-refractivity contribution >= 4 is 7.60 Å². The summed E-state index contributed by atoms with van der Waals surface area (Å²) in [6, 6.07) is 0. The number of hydrogen-bond acceptors (Lipinski definition) is 2. The number of rotatable bonds is 22. The minimum absolute atomic E-state index is 0.334. The van der Waals surface area contributed by atoms with Crippen LogP contribution in [0.2, 0.25) is 0 Å². The summed E-state index contributed by atoms with van der Waals surface area (Å²) >= 11 is 0. The second-order valence-corrected chi connectivity index (χ2v) is 12.1. The molecule has 0 aromatic rings. The normalized spacial score (nSPS) is 15.4. The Morgan fingerprint density at radius 3 is 1.65 bits per heavy atom. The molecule has 0 aliphatic rings. The zero-order valence-electron chi connectivity index (χ0n) is 21.6. The molecule has 0 fully saturated rings. The monoisotopic (exact) mass is 460 g/mol. The first-order chi connectivity index (χ1) is 14.8. The summed E-state index contributed by atoms with van der Waals surface area (Å²) in [5.74, 6) is -0.334. The van der Waals surface area contributed by atoms with Crippen molar-refractivity contribution in [1.29, 1.82) is 0 Å². The molecule has 0 heterocycles. The van der Waals surface area contributed by atoms with Crippen LogP contribution in [0.25, 0.3) is 0 Å². The van der Waals surface area contributed by atoms with E-state index in [0.717, 1.165) is 19.3 Å². The van der Waals surface area contributed by atoms with Crippen LogP contribution in [0.3, 0.4) is 0 Å². The Hall–Kier alpha value is -0.150. The zero-order valence-corrected chi connectivity index (χ0v) is 22.5. The predicted molar refractivity (Wildman–Crippen MR) is 137 cm³/mol. The lowest BCUT2D eigenvalue weighted by Crippen LogP contribution is -2.45. The Kier molecular flexibility index (Phi) is 19.2. The van der Waals surface area contributed by atoms with Gasteiger partial charge in [0, 0.05) is 6.42 Å². The lowest BCUT2D eigenvalue weighted by atomic mass is 10.1. The number of allylic oxidation sites excluding steroid dienone is 2. The topological polar surface area (TPSA) is 46.5 Å². The number of quaternary nitrogens is 1. The van der Waals surface area contributed by atoms with Gasteiger partial charge in [-0.15, -0.1) is 0 Å². The average molecular weight is 461 g/mol. The molecule has 1 N–H and O–H groups in total. The molecule has 0 rings (SSSR count). The molecular weight excluding hydrogens is 405 g/mol. The fourth-order valence-electron chi connectivity index (χ4n) is 4.05. The summed E-state index contributed by atoms with van der Waals surface area (Å²) in [4.78, 5) is 10.4. The SMILES string of the molecule is CCCCCC/C=C\CCCCCCCCCCCOP(=O)(O)C(CCC)[N+](C)(C)C. The van der Waals surface area contributed by atoms with Crippen LogP contribution in [-0.2, 0) is 9.09 Å². The van der Waals surface area contributed by atoms with Crippen molar-refractivity contribution in [2.75, 3.05) is 27.7 Å². The molecule has 0 amide bonds. The first kappa shape index (κ1) is 30.9. The van der Waals surface area contributed by atoms with Gasteiger partial charge < -0.3 is 13.9 Å². The highest BCUT2D eigenvalue weighted by atomic mass is 31.2. The summed E-state index contributed by atoms with van der Waals surface area (Å²) < 4.78 is 18.6. The minimum atomic E-state index is -3.56. The average Bonchev–Trinajstić information content (AvgIpc) is 2.70. The highest BCUT2D eigenvalue weighted by Crippen LogP contribution is 2.51. The second-order valence-electron chi connectivity index (χ2n) is 10.1. The molecule has 0 aromatic carbocycles. The van der Waals surface area contributed by atoms with Crippen molar-refractivity contribution in [3.63, 3.8) is 0 Å². The maximum Gasteiger partial charge on any atom is 0.385 e. The second kappa shape index (κ2) is 19.3. The van der Waals surface area contributed by atoms with Crippen molar-refractivity contribution in [2.45, 2.75) is 129 Å². The maximum atomic E-state index is 12.6. The van der Waals surface area contributed by atoms with E-state index in [-0.39, 0.29) is 5.78 Å². The van der Waals surface area contributed by atoms with E-state index < -0.39 is 7.60 Å². The van der Waals surface area contributed by atoms with E-state index in [1.165, 1.54) is 83.5 Å². The van der Waals surface area contributed by atoms with Crippen molar-refractivity contribution in [3.8, 4) is 0 Å². The molecule has 5 heteroatoms. The van der Waals surface area contributed by atoms with Gasteiger partial charge in [0.05, 0.1) is 27.7 Å². The van der Waals surface area contributed by atoms with E-state index in [2.05, 4.69) is 26.0 Å². The fraction of sp³-hybridized carbons (Fsp3) is 0.923. The van der Waals surface area contributed by atoms with E-state index in [9.17, 15) is 9.46 Å². The van der Waals surface area contributed by atoms with E-state index in [0.29, 0.717) is 17.5 Å². The Balaban J connectivity index is 3.56. The molecule has 0 aromatic heterocycles. The number of unbranched alkanes of at least 4 members (excludes halogenated alkanes) is 13. The number of nitrogens with zero attached hydrogens (tertiary/aromatic N) is 1. The summed E-state index contributed by atoms with van der Waals surface area (Å²) in [6.45, 7) is 4.72. The summed E-state index contributed by atoms with van der Waals surface area (Å²) in [5, 5.41) is 0. The summed E-state index contributed by atoms with van der Waals surface area (Å²) in [6.07, 6.45) is 25.4. The molecule has 4 nitrogen and oxygen atoms in total. The molecule has 31 heavy (non-hydrogen) atoms. The van der Waals surface area contributed by atoms with Crippen LogP contribution in [0.1, 0.15) is 123 Å². The van der Waals surface area contributed by atoms with Crippen LogP contribution in [-0.4, -0.2) is 42.9 Å². The smallest absolute Gasteiger partial charge is 0.320 e. The molecule has 186 valence electrons. The standard InChI is InChI=1S/C26H54NO3P/c1-6-8-9-10-11-12-13-14-15-16-17-18-19-20-21-22-23-25-30-31(28,29)26(24-7-2)27(3,4)5/h12-13,26H,6-11,14-25H2,1-5H3/p+1/b13-12-.